The molecule has 5 nitrogen and oxygen atoms in total. The van der Waals surface area contributed by atoms with Gasteiger partial charge in [-0.1, -0.05) is 91.0 Å². The van der Waals surface area contributed by atoms with E-state index in [0.717, 1.165) is 94.5 Å². The Bertz CT molecular complexity index is 2930. The van der Waals surface area contributed by atoms with Gasteiger partial charge in [0.25, 0.3) is 0 Å². The molecular weight excluding hydrogens is 675 g/mol. The molecule has 55 heavy (non-hydrogen) atoms. The summed E-state index contributed by atoms with van der Waals surface area (Å²) in [5, 5.41) is 4.06. The number of fused-ring (bicyclic) bond motifs is 6. The molecular formula is C50H37N3O2. The quantitative estimate of drug-likeness (QED) is 0.165. The summed E-state index contributed by atoms with van der Waals surface area (Å²) < 4.78 is 13.4. The predicted octanol–water partition coefficient (Wildman–Crippen LogP) is 12.4. The van der Waals surface area contributed by atoms with Crippen molar-refractivity contribution in [2.24, 2.45) is 0 Å². The Morgan fingerprint density at radius 3 is 1.69 bits per heavy atom. The van der Waals surface area contributed by atoms with Crippen LogP contribution in [0.25, 0.3) is 55.1 Å². The second-order valence-corrected chi connectivity index (χ2v) is 14.8. The third-order valence-electron chi connectivity index (χ3n) is 11.5. The maximum atomic E-state index is 6.97. The Morgan fingerprint density at radius 1 is 0.436 bits per heavy atom. The van der Waals surface area contributed by atoms with Gasteiger partial charge in [-0.15, -0.1) is 0 Å². The highest BCUT2D eigenvalue weighted by atomic mass is 16.3. The van der Waals surface area contributed by atoms with Crippen molar-refractivity contribution in [3.05, 3.63) is 209 Å². The summed E-state index contributed by atoms with van der Waals surface area (Å²) in [6, 6.07) is 54.7. The highest BCUT2D eigenvalue weighted by molar-refractivity contribution is 6.16. The number of rotatable bonds is 7. The first kappa shape index (κ1) is 32.8. The van der Waals surface area contributed by atoms with Gasteiger partial charge in [0.05, 0.1) is 33.6 Å². The van der Waals surface area contributed by atoms with Crippen LogP contribution in [0.15, 0.2) is 179 Å². The van der Waals surface area contributed by atoms with E-state index >= 15 is 0 Å². The molecule has 1 unspecified atom stereocenters. The van der Waals surface area contributed by atoms with Gasteiger partial charge in [0.1, 0.15) is 22.3 Å². The maximum absolute atomic E-state index is 6.97. The third-order valence-corrected chi connectivity index (χ3v) is 11.5. The summed E-state index contributed by atoms with van der Waals surface area (Å²) in [5.41, 5.74) is 10.9. The molecule has 0 amide bonds. The van der Waals surface area contributed by atoms with Crippen LogP contribution in [0.3, 0.4) is 0 Å². The first-order chi connectivity index (χ1) is 26.9. The Labute approximate surface area is 319 Å². The molecule has 0 fully saturated rings. The highest BCUT2D eigenvalue weighted by Gasteiger charge is 2.36. The molecule has 5 heteroatoms. The molecule has 5 heterocycles. The van der Waals surface area contributed by atoms with Crippen molar-refractivity contribution >= 4 is 43.9 Å². The molecule has 0 saturated heterocycles. The van der Waals surface area contributed by atoms with Crippen molar-refractivity contribution in [3.63, 3.8) is 0 Å². The second kappa shape index (κ2) is 12.6. The van der Waals surface area contributed by atoms with Gasteiger partial charge in [-0.3, -0.25) is 15.0 Å². The summed E-state index contributed by atoms with van der Waals surface area (Å²) in [6.07, 6.45) is 3.73. The molecule has 0 aliphatic heterocycles. The number of aromatic nitrogens is 3. The van der Waals surface area contributed by atoms with E-state index in [0.29, 0.717) is 0 Å². The average molecular weight is 712 g/mol. The molecule has 0 radical (unpaired) electrons. The maximum Gasteiger partial charge on any atom is 0.144 e. The molecule has 0 aliphatic carbocycles. The number of hydrogen-bond acceptors (Lipinski definition) is 5. The highest BCUT2D eigenvalue weighted by Crippen LogP contribution is 2.46. The number of benzene rings is 5. The monoisotopic (exact) mass is 711 g/mol. The van der Waals surface area contributed by atoms with Crippen molar-refractivity contribution in [1.29, 1.82) is 0 Å². The fourth-order valence-corrected chi connectivity index (χ4v) is 8.39. The summed E-state index contributed by atoms with van der Waals surface area (Å²) in [5.74, 6) is 0. The van der Waals surface area contributed by atoms with Crippen LogP contribution < -0.4 is 0 Å². The van der Waals surface area contributed by atoms with E-state index in [9.17, 15) is 0 Å². The second-order valence-electron chi connectivity index (χ2n) is 14.8. The lowest BCUT2D eigenvalue weighted by molar-refractivity contribution is 0.640. The molecule has 0 saturated carbocycles. The van der Waals surface area contributed by atoms with Crippen molar-refractivity contribution in [2.45, 2.75) is 31.6 Å². The van der Waals surface area contributed by atoms with Gasteiger partial charge in [-0.25, -0.2) is 0 Å². The number of furan rings is 2. The Morgan fingerprint density at radius 2 is 1.02 bits per heavy atom. The number of aryl methyl sites for hydroxylation is 1. The Hall–Kier alpha value is -6.85. The zero-order valence-corrected chi connectivity index (χ0v) is 30.8. The minimum atomic E-state index is -0.633. The van der Waals surface area contributed by atoms with Crippen LogP contribution in [0.1, 0.15) is 53.2 Å². The van der Waals surface area contributed by atoms with Gasteiger partial charge in [0.15, 0.2) is 0 Å². The molecule has 10 rings (SSSR count). The van der Waals surface area contributed by atoms with E-state index in [4.69, 9.17) is 23.8 Å². The molecule has 0 N–H and O–H groups in total. The lowest BCUT2D eigenvalue weighted by Gasteiger charge is -2.31. The van der Waals surface area contributed by atoms with Gasteiger partial charge in [-0.2, -0.15) is 0 Å². The van der Waals surface area contributed by atoms with E-state index in [2.05, 4.69) is 136 Å². The average Bonchev–Trinajstić information content (AvgIpc) is 3.80. The number of hydrogen-bond donors (Lipinski definition) is 0. The number of pyridine rings is 3. The molecule has 10 aromatic rings. The van der Waals surface area contributed by atoms with Crippen LogP contribution in [-0.2, 0) is 10.8 Å². The molecule has 0 bridgehead atoms. The molecule has 5 aromatic heterocycles. The van der Waals surface area contributed by atoms with Crippen LogP contribution in [0.5, 0.6) is 0 Å². The van der Waals surface area contributed by atoms with Crippen LogP contribution in [-0.4, -0.2) is 15.0 Å². The predicted molar refractivity (Wildman–Crippen MR) is 221 cm³/mol. The summed E-state index contributed by atoms with van der Waals surface area (Å²) >= 11 is 0. The zero-order valence-electron chi connectivity index (χ0n) is 30.8. The van der Waals surface area contributed by atoms with Crippen molar-refractivity contribution in [3.8, 4) is 11.3 Å². The molecule has 0 spiro atoms. The minimum Gasteiger partial charge on any atom is -0.456 e. The lowest BCUT2D eigenvalue weighted by atomic mass is 9.72. The largest absolute Gasteiger partial charge is 0.456 e. The molecule has 2 atom stereocenters. The first-order valence-corrected chi connectivity index (χ1v) is 18.7. The zero-order chi connectivity index (χ0) is 37.1. The van der Waals surface area contributed by atoms with E-state index in [1.54, 1.807) is 0 Å². The summed E-state index contributed by atoms with van der Waals surface area (Å²) in [4.78, 5) is 15.4. The van der Waals surface area contributed by atoms with Crippen LogP contribution in [0, 0.1) is 6.92 Å². The molecule has 264 valence electrons. The Balaban J connectivity index is 1.29. The molecule has 5 aromatic carbocycles. The van der Waals surface area contributed by atoms with Gasteiger partial charge >= 0.3 is 0 Å². The van der Waals surface area contributed by atoms with E-state index in [1.807, 2.05) is 54.9 Å². The standard InChI is InChI=1S/C50H37N3O2/c1-32-26-41(53-47(27-32)50(3,34-18-8-5-9-19-34)46-23-13-15-25-52-46)40-29-35(49(2,33-16-6-4-7-17-33)45-22-12-14-24-51-45)28-39-38-31-43-37(30-44(38)55-48(39)40)36-20-10-11-21-42(36)54-43/h4-31H,1-3H3/t49?,50-/m1/s1. The van der Waals surface area contributed by atoms with Gasteiger partial charge < -0.3 is 8.83 Å². The minimum absolute atomic E-state index is 0.613. The van der Waals surface area contributed by atoms with Gasteiger partial charge in [0, 0.05) is 39.5 Å². The topological polar surface area (TPSA) is 65.0 Å². The first-order valence-electron chi connectivity index (χ1n) is 18.7. The number of nitrogens with zero attached hydrogens (tertiary/aromatic N) is 3. The normalized spacial score (nSPS) is 14.0. The fraction of sp³-hybridized carbons (Fsp3) is 0.100. The SMILES string of the molecule is Cc1cc(-c2cc(C(C)(c3ccccc3)c3ccccn3)cc3c2oc2cc4c(cc23)oc2ccccc24)nc([C@](C)(c2ccccc2)c2ccccn2)c1. The summed E-state index contributed by atoms with van der Waals surface area (Å²) in [7, 11) is 0. The van der Waals surface area contributed by atoms with Crippen LogP contribution >= 0.6 is 0 Å². The number of para-hydroxylation sites is 1. The third kappa shape index (κ3) is 5.19. The van der Waals surface area contributed by atoms with Gasteiger partial charge in [-0.05, 0) is 110 Å². The van der Waals surface area contributed by atoms with Gasteiger partial charge in [0.2, 0.25) is 0 Å². The van der Waals surface area contributed by atoms with E-state index in [-0.39, 0.29) is 0 Å². The molecule has 0 aliphatic rings. The smallest absolute Gasteiger partial charge is 0.144 e. The van der Waals surface area contributed by atoms with Crippen molar-refractivity contribution in [1.82, 2.24) is 15.0 Å². The lowest BCUT2D eigenvalue weighted by Crippen LogP contribution is -2.28. The van der Waals surface area contributed by atoms with Crippen molar-refractivity contribution in [2.75, 3.05) is 0 Å². The summed E-state index contributed by atoms with van der Waals surface area (Å²) in [6.45, 7) is 6.62. The van der Waals surface area contributed by atoms with Crippen LogP contribution in [0.4, 0.5) is 0 Å². The van der Waals surface area contributed by atoms with Crippen molar-refractivity contribution < 1.29 is 8.83 Å². The van der Waals surface area contributed by atoms with E-state index in [1.165, 1.54) is 0 Å². The van der Waals surface area contributed by atoms with E-state index < -0.39 is 10.8 Å². The fourth-order valence-electron chi connectivity index (χ4n) is 8.39. The van der Waals surface area contributed by atoms with Crippen LogP contribution in [0.2, 0.25) is 0 Å². The Kier molecular flexibility index (Phi) is 7.53.